The lowest BCUT2D eigenvalue weighted by atomic mass is 10.2. The van der Waals surface area contributed by atoms with Crippen LogP contribution in [0, 0.1) is 6.92 Å². The first-order valence-electron chi connectivity index (χ1n) is 10.1. The Morgan fingerprint density at radius 1 is 1.03 bits per heavy atom. The molecule has 7 nitrogen and oxygen atoms in total. The Morgan fingerprint density at radius 3 is 2.35 bits per heavy atom. The van der Waals surface area contributed by atoms with Crippen molar-refractivity contribution in [3.8, 4) is 5.75 Å². The standard InChI is InChI=1S/C23H26BrN5O2/c1-5-29(6-2)22-14-21(25-15(3)26-22)27-16-7-9-17(10-8-16)28-23(30)19-13-18(31-4)11-12-20(19)24/h7-14H,5-6H2,1-4H3,(H,28,30)(H,25,26,27). The molecule has 2 aromatic carbocycles. The molecule has 8 heteroatoms. The molecule has 1 amide bonds. The molecule has 0 bridgehead atoms. The Bertz CT molecular complexity index is 1050. The number of anilines is 4. The highest BCUT2D eigenvalue weighted by Gasteiger charge is 2.12. The number of carbonyl (C=O) groups is 1. The van der Waals surface area contributed by atoms with Crippen LogP contribution in [0.1, 0.15) is 30.0 Å². The molecule has 0 radical (unpaired) electrons. The van der Waals surface area contributed by atoms with Crippen LogP contribution in [-0.2, 0) is 0 Å². The average Bonchev–Trinajstić information content (AvgIpc) is 2.76. The topological polar surface area (TPSA) is 79.4 Å². The van der Waals surface area contributed by atoms with Gasteiger partial charge in [-0.2, -0.15) is 0 Å². The van der Waals surface area contributed by atoms with Gasteiger partial charge in [-0.05, 0) is 79.2 Å². The van der Waals surface area contributed by atoms with Crippen molar-refractivity contribution in [3.05, 3.63) is 64.4 Å². The zero-order valence-corrected chi connectivity index (χ0v) is 19.7. The van der Waals surface area contributed by atoms with Crippen molar-refractivity contribution in [1.82, 2.24) is 9.97 Å². The van der Waals surface area contributed by atoms with E-state index < -0.39 is 0 Å². The molecule has 0 saturated heterocycles. The number of rotatable bonds is 8. The molecule has 0 aliphatic rings. The third-order valence-corrected chi connectivity index (χ3v) is 5.44. The summed E-state index contributed by atoms with van der Waals surface area (Å²) in [6.45, 7) is 7.85. The zero-order valence-electron chi connectivity index (χ0n) is 18.1. The van der Waals surface area contributed by atoms with Gasteiger partial charge in [-0.25, -0.2) is 9.97 Å². The van der Waals surface area contributed by atoms with Crippen molar-refractivity contribution in [2.75, 3.05) is 35.7 Å². The summed E-state index contributed by atoms with van der Waals surface area (Å²) in [7, 11) is 1.57. The Kier molecular flexibility index (Phi) is 7.46. The van der Waals surface area contributed by atoms with Crippen molar-refractivity contribution in [2.24, 2.45) is 0 Å². The van der Waals surface area contributed by atoms with E-state index in [1.165, 1.54) is 0 Å². The minimum Gasteiger partial charge on any atom is -0.497 e. The molecular formula is C23H26BrN5O2. The van der Waals surface area contributed by atoms with E-state index in [0.29, 0.717) is 27.3 Å². The summed E-state index contributed by atoms with van der Waals surface area (Å²) in [6.07, 6.45) is 0. The van der Waals surface area contributed by atoms with Crippen LogP contribution >= 0.6 is 15.9 Å². The van der Waals surface area contributed by atoms with Crippen LogP contribution in [0.5, 0.6) is 5.75 Å². The number of aromatic nitrogens is 2. The van der Waals surface area contributed by atoms with Crippen molar-refractivity contribution in [1.29, 1.82) is 0 Å². The second kappa shape index (κ2) is 10.3. The fourth-order valence-corrected chi connectivity index (χ4v) is 3.54. The predicted octanol–water partition coefficient (Wildman–Crippen LogP) is 5.40. The molecule has 0 saturated carbocycles. The number of hydrogen-bond acceptors (Lipinski definition) is 6. The molecule has 0 aliphatic heterocycles. The highest BCUT2D eigenvalue weighted by atomic mass is 79.9. The number of benzene rings is 2. The summed E-state index contributed by atoms with van der Waals surface area (Å²) in [6, 6.07) is 14.7. The van der Waals surface area contributed by atoms with Gasteiger partial charge in [-0.1, -0.05) is 0 Å². The minimum absolute atomic E-state index is 0.221. The van der Waals surface area contributed by atoms with E-state index in [1.54, 1.807) is 25.3 Å². The van der Waals surface area contributed by atoms with Gasteiger partial charge in [0.2, 0.25) is 0 Å². The highest BCUT2D eigenvalue weighted by molar-refractivity contribution is 9.10. The van der Waals surface area contributed by atoms with Crippen LogP contribution in [0.15, 0.2) is 53.0 Å². The van der Waals surface area contributed by atoms with E-state index in [1.807, 2.05) is 37.3 Å². The van der Waals surface area contributed by atoms with Crippen molar-refractivity contribution < 1.29 is 9.53 Å². The van der Waals surface area contributed by atoms with Gasteiger partial charge in [0.25, 0.3) is 5.91 Å². The molecule has 31 heavy (non-hydrogen) atoms. The first-order valence-corrected chi connectivity index (χ1v) is 10.8. The molecule has 1 aromatic heterocycles. The van der Waals surface area contributed by atoms with Crippen molar-refractivity contribution in [3.63, 3.8) is 0 Å². The second-order valence-corrected chi connectivity index (χ2v) is 7.69. The third-order valence-electron chi connectivity index (χ3n) is 4.75. The van der Waals surface area contributed by atoms with Crippen LogP contribution in [0.4, 0.5) is 23.0 Å². The van der Waals surface area contributed by atoms with Crippen molar-refractivity contribution >= 4 is 44.8 Å². The smallest absolute Gasteiger partial charge is 0.256 e. The number of amides is 1. The predicted molar refractivity (Wildman–Crippen MR) is 129 cm³/mol. The Morgan fingerprint density at radius 2 is 1.71 bits per heavy atom. The average molecular weight is 484 g/mol. The third kappa shape index (κ3) is 5.73. The summed E-state index contributed by atoms with van der Waals surface area (Å²) in [5.41, 5.74) is 2.05. The summed E-state index contributed by atoms with van der Waals surface area (Å²) in [5, 5.41) is 6.22. The van der Waals surface area contributed by atoms with Crippen LogP contribution in [0.3, 0.4) is 0 Å². The van der Waals surface area contributed by atoms with Gasteiger partial charge in [0.15, 0.2) is 0 Å². The fourth-order valence-electron chi connectivity index (χ4n) is 3.11. The quantitative estimate of drug-likeness (QED) is 0.446. The molecule has 1 heterocycles. The lowest BCUT2D eigenvalue weighted by molar-refractivity contribution is 0.102. The Labute approximate surface area is 191 Å². The lowest BCUT2D eigenvalue weighted by Gasteiger charge is -2.20. The largest absolute Gasteiger partial charge is 0.497 e. The number of aryl methyl sites for hydroxylation is 1. The maximum absolute atomic E-state index is 12.6. The van der Waals surface area contributed by atoms with Crippen LogP contribution < -0.4 is 20.3 Å². The molecule has 0 atom stereocenters. The van der Waals surface area contributed by atoms with Gasteiger partial charge in [-0.15, -0.1) is 0 Å². The maximum atomic E-state index is 12.6. The molecule has 3 rings (SSSR count). The number of halogens is 1. The van der Waals surface area contributed by atoms with E-state index in [0.717, 1.165) is 30.4 Å². The Hall–Kier alpha value is -3.13. The van der Waals surface area contributed by atoms with Gasteiger partial charge in [0.1, 0.15) is 23.2 Å². The lowest BCUT2D eigenvalue weighted by Crippen LogP contribution is -2.23. The van der Waals surface area contributed by atoms with E-state index in [-0.39, 0.29) is 5.91 Å². The van der Waals surface area contributed by atoms with Gasteiger partial charge in [0.05, 0.1) is 12.7 Å². The van der Waals surface area contributed by atoms with Gasteiger partial charge in [-0.3, -0.25) is 4.79 Å². The van der Waals surface area contributed by atoms with Gasteiger partial charge >= 0.3 is 0 Å². The molecule has 2 N–H and O–H groups in total. The first kappa shape index (κ1) is 22.6. The zero-order chi connectivity index (χ0) is 22.4. The fraction of sp³-hybridized carbons (Fsp3) is 0.261. The maximum Gasteiger partial charge on any atom is 0.256 e. The second-order valence-electron chi connectivity index (χ2n) is 6.83. The van der Waals surface area contributed by atoms with Crippen LogP contribution in [0.2, 0.25) is 0 Å². The number of carbonyl (C=O) groups excluding carboxylic acids is 1. The summed E-state index contributed by atoms with van der Waals surface area (Å²) in [4.78, 5) is 23.8. The van der Waals surface area contributed by atoms with Crippen molar-refractivity contribution in [2.45, 2.75) is 20.8 Å². The number of nitrogens with one attached hydrogen (secondary N) is 2. The molecule has 0 aliphatic carbocycles. The summed E-state index contributed by atoms with van der Waals surface area (Å²) in [5.74, 6) is 2.73. The van der Waals surface area contributed by atoms with Gasteiger partial charge in [0, 0.05) is 35.0 Å². The van der Waals surface area contributed by atoms with E-state index >= 15 is 0 Å². The molecule has 0 fully saturated rings. The normalized spacial score (nSPS) is 10.5. The first-order chi connectivity index (χ1) is 14.9. The summed E-state index contributed by atoms with van der Waals surface area (Å²) < 4.78 is 5.91. The molecule has 0 unspecified atom stereocenters. The Balaban J connectivity index is 1.72. The SMILES string of the molecule is CCN(CC)c1cc(Nc2ccc(NC(=O)c3cc(OC)ccc3Br)cc2)nc(C)n1. The van der Waals surface area contributed by atoms with Gasteiger partial charge < -0.3 is 20.3 Å². The van der Waals surface area contributed by atoms with Crippen LogP contribution in [-0.4, -0.2) is 36.1 Å². The number of nitrogens with zero attached hydrogens (tertiary/aromatic N) is 3. The summed E-state index contributed by atoms with van der Waals surface area (Å²) >= 11 is 3.41. The van der Waals surface area contributed by atoms with E-state index in [2.05, 4.69) is 55.3 Å². The molecule has 0 spiro atoms. The molecular weight excluding hydrogens is 458 g/mol. The number of ether oxygens (including phenoxy) is 1. The number of methoxy groups -OCH3 is 1. The molecule has 162 valence electrons. The van der Waals surface area contributed by atoms with E-state index in [4.69, 9.17) is 4.74 Å². The minimum atomic E-state index is -0.221. The molecule has 3 aromatic rings. The van der Waals surface area contributed by atoms with Crippen LogP contribution in [0.25, 0.3) is 0 Å². The monoisotopic (exact) mass is 483 g/mol. The highest BCUT2D eigenvalue weighted by Crippen LogP contribution is 2.25. The number of hydrogen-bond donors (Lipinski definition) is 2. The van der Waals surface area contributed by atoms with E-state index in [9.17, 15) is 4.79 Å².